The first-order chi connectivity index (χ1) is 16.9. The number of nitrogens with zero attached hydrogens (tertiary/aromatic N) is 1. The average molecular weight is 591 g/mol. The highest BCUT2D eigenvalue weighted by atomic mass is 79.9. The zero-order valence-corrected chi connectivity index (χ0v) is 21.6. The van der Waals surface area contributed by atoms with E-state index in [1.165, 1.54) is 0 Å². The van der Waals surface area contributed by atoms with E-state index in [0.717, 1.165) is 21.9 Å². The van der Waals surface area contributed by atoms with Gasteiger partial charge in [-0.1, -0.05) is 48.0 Å². The smallest absolute Gasteiger partial charge is 0.363 e. The molecule has 1 heterocycles. The van der Waals surface area contributed by atoms with Gasteiger partial charge in [-0.25, -0.2) is 14.6 Å². The molecule has 0 unspecified atom stereocenters. The van der Waals surface area contributed by atoms with Crippen LogP contribution in [0.25, 0.3) is 16.8 Å². The molecule has 4 aromatic carbocycles. The molecule has 5 nitrogen and oxygen atoms in total. The Balaban J connectivity index is 1.41. The fraction of sp³-hybridized carbons (Fsp3) is 0.0357. The topological polar surface area (TPSA) is 65.0 Å². The van der Waals surface area contributed by atoms with Crippen molar-refractivity contribution >= 4 is 66.5 Å². The van der Waals surface area contributed by atoms with Gasteiger partial charge in [-0.15, -0.1) is 0 Å². The summed E-state index contributed by atoms with van der Waals surface area (Å²) in [5, 5.41) is 2.12. The van der Waals surface area contributed by atoms with Gasteiger partial charge in [0, 0.05) is 5.56 Å². The maximum atomic E-state index is 12.6. The Morgan fingerprint density at radius 1 is 0.914 bits per heavy atom. The van der Waals surface area contributed by atoms with Crippen molar-refractivity contribution in [3.05, 3.63) is 116 Å². The van der Waals surface area contributed by atoms with Gasteiger partial charge in [0.15, 0.2) is 11.4 Å². The second kappa shape index (κ2) is 9.60. The lowest BCUT2D eigenvalue weighted by molar-refractivity contribution is -0.129. The lowest BCUT2D eigenvalue weighted by atomic mass is 10.1. The highest BCUT2D eigenvalue weighted by Crippen LogP contribution is 2.36. The van der Waals surface area contributed by atoms with E-state index in [-0.39, 0.29) is 11.6 Å². The SMILES string of the molecule is Cc1cccc(C(=O)Oc2c(Br)cc(/C=C3\N=C(c4ccc5ccccc5c4)OC3=O)cc2Br)c1. The van der Waals surface area contributed by atoms with Crippen LogP contribution in [0.1, 0.15) is 27.0 Å². The number of aliphatic imine (C=N–C) groups is 1. The number of hydrogen-bond acceptors (Lipinski definition) is 5. The van der Waals surface area contributed by atoms with Crippen LogP contribution < -0.4 is 4.74 Å². The molecule has 0 amide bonds. The van der Waals surface area contributed by atoms with E-state index in [1.807, 2.05) is 55.5 Å². The van der Waals surface area contributed by atoms with Crippen LogP contribution in [0.15, 0.2) is 98.5 Å². The molecule has 172 valence electrons. The van der Waals surface area contributed by atoms with Crippen LogP contribution in [0.5, 0.6) is 5.75 Å². The van der Waals surface area contributed by atoms with Crippen molar-refractivity contribution in [2.24, 2.45) is 4.99 Å². The Labute approximate surface area is 218 Å². The Morgan fingerprint density at radius 2 is 1.66 bits per heavy atom. The second-order valence-corrected chi connectivity index (χ2v) is 9.68. The molecule has 0 spiro atoms. The molecule has 0 N–H and O–H groups in total. The molecule has 0 radical (unpaired) electrons. The molecule has 35 heavy (non-hydrogen) atoms. The van der Waals surface area contributed by atoms with Crippen molar-refractivity contribution in [2.75, 3.05) is 0 Å². The third-order valence-electron chi connectivity index (χ3n) is 5.39. The summed E-state index contributed by atoms with van der Waals surface area (Å²) in [6, 6.07) is 24.4. The van der Waals surface area contributed by atoms with Crippen molar-refractivity contribution in [3.63, 3.8) is 0 Å². The Morgan fingerprint density at radius 3 is 2.40 bits per heavy atom. The molecule has 0 saturated heterocycles. The van der Waals surface area contributed by atoms with Gasteiger partial charge in [0.2, 0.25) is 5.90 Å². The summed E-state index contributed by atoms with van der Waals surface area (Å²) in [6.07, 6.45) is 1.62. The van der Waals surface area contributed by atoms with Gasteiger partial charge in [0.1, 0.15) is 0 Å². The second-order valence-electron chi connectivity index (χ2n) is 7.97. The highest BCUT2D eigenvalue weighted by Gasteiger charge is 2.25. The van der Waals surface area contributed by atoms with Gasteiger partial charge in [-0.05, 0) is 97.6 Å². The summed E-state index contributed by atoms with van der Waals surface area (Å²) in [4.78, 5) is 29.5. The van der Waals surface area contributed by atoms with Gasteiger partial charge in [-0.3, -0.25) is 0 Å². The molecular formula is C28H17Br2NO4. The van der Waals surface area contributed by atoms with Gasteiger partial charge in [-0.2, -0.15) is 0 Å². The summed E-state index contributed by atoms with van der Waals surface area (Å²) >= 11 is 6.92. The van der Waals surface area contributed by atoms with Gasteiger partial charge in [0.25, 0.3) is 0 Å². The molecule has 5 rings (SSSR count). The van der Waals surface area contributed by atoms with E-state index in [9.17, 15) is 9.59 Å². The normalized spacial score (nSPS) is 14.2. The van der Waals surface area contributed by atoms with Crippen molar-refractivity contribution < 1.29 is 19.1 Å². The number of halogens is 2. The number of carbonyl (C=O) groups is 2. The molecular weight excluding hydrogens is 574 g/mol. The van der Waals surface area contributed by atoms with Crippen LogP contribution >= 0.6 is 31.9 Å². The zero-order valence-electron chi connectivity index (χ0n) is 18.4. The molecule has 0 saturated carbocycles. The Kier molecular flexibility index (Phi) is 6.36. The first-order valence-corrected chi connectivity index (χ1v) is 12.3. The monoisotopic (exact) mass is 589 g/mol. The first kappa shape index (κ1) is 23.2. The molecule has 0 bridgehead atoms. The van der Waals surface area contributed by atoms with E-state index in [4.69, 9.17) is 9.47 Å². The lowest BCUT2D eigenvalue weighted by Crippen LogP contribution is -2.09. The number of hydrogen-bond donors (Lipinski definition) is 0. The van der Waals surface area contributed by atoms with Crippen molar-refractivity contribution in [1.29, 1.82) is 0 Å². The number of benzene rings is 4. The molecule has 0 aromatic heterocycles. The Bertz CT molecular complexity index is 1550. The van der Waals surface area contributed by atoms with Crippen LogP contribution in [0.4, 0.5) is 0 Å². The summed E-state index contributed by atoms with van der Waals surface area (Å²) in [7, 11) is 0. The number of cyclic esters (lactones) is 1. The maximum Gasteiger partial charge on any atom is 0.363 e. The zero-order chi connectivity index (χ0) is 24.5. The van der Waals surface area contributed by atoms with E-state index in [1.54, 1.807) is 36.4 Å². The third kappa shape index (κ3) is 4.97. The van der Waals surface area contributed by atoms with Crippen LogP contribution in [-0.2, 0) is 9.53 Å². The molecule has 1 aliphatic rings. The predicted molar refractivity (Wildman–Crippen MR) is 143 cm³/mol. The fourth-order valence-corrected chi connectivity index (χ4v) is 5.08. The number of ether oxygens (including phenoxy) is 2. The summed E-state index contributed by atoms with van der Waals surface area (Å²) in [5.41, 5.74) is 3.00. The van der Waals surface area contributed by atoms with Crippen LogP contribution in [0, 0.1) is 6.92 Å². The minimum absolute atomic E-state index is 0.177. The highest BCUT2D eigenvalue weighted by molar-refractivity contribution is 9.11. The number of rotatable bonds is 4. The minimum Gasteiger partial charge on any atom is -0.421 e. The summed E-state index contributed by atoms with van der Waals surface area (Å²) in [6.45, 7) is 1.91. The third-order valence-corrected chi connectivity index (χ3v) is 6.57. The van der Waals surface area contributed by atoms with E-state index in [2.05, 4.69) is 36.9 Å². The molecule has 0 fully saturated rings. The number of aryl methyl sites for hydroxylation is 1. The predicted octanol–water partition coefficient (Wildman–Crippen LogP) is 7.24. The average Bonchev–Trinajstić information content (AvgIpc) is 3.21. The molecule has 7 heteroatoms. The maximum absolute atomic E-state index is 12.6. The van der Waals surface area contributed by atoms with E-state index in [0.29, 0.717) is 25.8 Å². The largest absolute Gasteiger partial charge is 0.421 e. The van der Waals surface area contributed by atoms with E-state index < -0.39 is 11.9 Å². The number of carbonyl (C=O) groups excluding carboxylic acids is 2. The summed E-state index contributed by atoms with van der Waals surface area (Å²) in [5.74, 6) is -0.401. The van der Waals surface area contributed by atoms with Crippen molar-refractivity contribution in [1.82, 2.24) is 0 Å². The minimum atomic E-state index is -0.532. The standard InChI is InChI=1S/C28H17Br2NO4/c1-16-5-4-8-21(11-16)27(32)34-25-22(29)12-17(13-23(25)30)14-24-28(33)35-26(31-24)20-10-9-18-6-2-3-7-19(18)15-20/h2-15H,1H3/b24-14-. The number of fused-ring (bicyclic) bond motifs is 1. The lowest BCUT2D eigenvalue weighted by Gasteiger charge is -2.10. The molecule has 0 atom stereocenters. The molecule has 4 aromatic rings. The Hall–Kier alpha value is -3.55. The quantitative estimate of drug-likeness (QED) is 0.143. The first-order valence-electron chi connectivity index (χ1n) is 10.7. The molecule has 1 aliphatic heterocycles. The van der Waals surface area contributed by atoms with Crippen molar-refractivity contribution in [3.8, 4) is 5.75 Å². The van der Waals surface area contributed by atoms with Crippen LogP contribution in [0.3, 0.4) is 0 Å². The number of esters is 2. The van der Waals surface area contributed by atoms with Crippen molar-refractivity contribution in [2.45, 2.75) is 6.92 Å². The van der Waals surface area contributed by atoms with Gasteiger partial charge < -0.3 is 9.47 Å². The van der Waals surface area contributed by atoms with Gasteiger partial charge in [0.05, 0.1) is 14.5 Å². The van der Waals surface area contributed by atoms with Gasteiger partial charge >= 0.3 is 11.9 Å². The summed E-state index contributed by atoms with van der Waals surface area (Å²) < 4.78 is 12.1. The molecule has 0 aliphatic carbocycles. The fourth-order valence-electron chi connectivity index (χ4n) is 3.70. The van der Waals surface area contributed by atoms with Crippen LogP contribution in [-0.4, -0.2) is 17.8 Å². The van der Waals surface area contributed by atoms with E-state index >= 15 is 0 Å². The van der Waals surface area contributed by atoms with Crippen LogP contribution in [0.2, 0.25) is 0 Å².